The Bertz CT molecular complexity index is 352. The molecule has 2 atom stereocenters. The zero-order valence-electron chi connectivity index (χ0n) is 11.0. The topological polar surface area (TPSA) is 75.9 Å². The van der Waals surface area contributed by atoms with Crippen LogP contribution in [0, 0.1) is 5.41 Å². The predicted molar refractivity (Wildman–Crippen MR) is 65.7 cm³/mol. The Morgan fingerprint density at radius 1 is 1.22 bits per heavy atom. The smallest absolute Gasteiger partial charge is 0.232 e. The van der Waals surface area contributed by atoms with Crippen molar-refractivity contribution in [1.29, 1.82) is 0 Å². The molecule has 6 heteroatoms. The second kappa shape index (κ2) is 4.85. The maximum Gasteiger partial charge on any atom is 0.232 e. The number of piperazine rings is 1. The minimum absolute atomic E-state index is 0.0516. The van der Waals surface area contributed by atoms with Gasteiger partial charge in [0.15, 0.2) is 0 Å². The maximum atomic E-state index is 12.5. The Balaban J connectivity index is 1.97. The van der Waals surface area contributed by atoms with Gasteiger partial charge in [-0.15, -0.1) is 0 Å². The summed E-state index contributed by atoms with van der Waals surface area (Å²) >= 11 is 0. The molecule has 0 aromatic heterocycles. The first-order valence-electron chi connectivity index (χ1n) is 6.33. The van der Waals surface area contributed by atoms with Gasteiger partial charge in [0.05, 0.1) is 18.6 Å². The van der Waals surface area contributed by atoms with E-state index < -0.39 is 5.41 Å². The quantitative estimate of drug-likeness (QED) is 0.655. The minimum Gasteiger partial charge on any atom is -0.379 e. The van der Waals surface area contributed by atoms with E-state index in [4.69, 9.17) is 10.5 Å². The molecule has 0 radical (unpaired) electrons. The number of nitrogens with two attached hydrogens (primary N) is 1. The normalized spacial score (nSPS) is 32.7. The third kappa shape index (κ3) is 2.22. The van der Waals surface area contributed by atoms with Gasteiger partial charge >= 0.3 is 0 Å². The molecule has 2 aliphatic heterocycles. The third-order valence-electron chi connectivity index (χ3n) is 4.02. The summed E-state index contributed by atoms with van der Waals surface area (Å²) in [5.74, 6) is 0.116. The number of rotatable bonds is 1. The Hall–Kier alpha value is -1.14. The van der Waals surface area contributed by atoms with Crippen LogP contribution in [0.5, 0.6) is 0 Å². The molecule has 2 saturated heterocycles. The average molecular weight is 255 g/mol. The van der Waals surface area contributed by atoms with Crippen LogP contribution in [0.4, 0.5) is 0 Å². The first-order chi connectivity index (χ1) is 8.45. The van der Waals surface area contributed by atoms with E-state index in [-0.39, 0.29) is 17.9 Å². The first-order valence-corrected chi connectivity index (χ1v) is 6.33. The highest BCUT2D eigenvalue weighted by Gasteiger charge is 2.46. The van der Waals surface area contributed by atoms with Crippen molar-refractivity contribution in [2.24, 2.45) is 11.1 Å². The first kappa shape index (κ1) is 13.3. The Kier molecular flexibility index (Phi) is 3.59. The second-order valence-corrected chi connectivity index (χ2v) is 5.34. The molecular formula is C12H21N3O3. The Morgan fingerprint density at radius 2 is 1.78 bits per heavy atom. The van der Waals surface area contributed by atoms with Gasteiger partial charge < -0.3 is 20.3 Å². The molecule has 0 aromatic carbocycles. The number of carbonyl (C=O) groups is 2. The molecule has 2 amide bonds. The van der Waals surface area contributed by atoms with Crippen molar-refractivity contribution in [3.63, 3.8) is 0 Å². The van der Waals surface area contributed by atoms with Gasteiger partial charge in [0.25, 0.3) is 0 Å². The number of amides is 2. The average Bonchev–Trinajstić information content (AvgIpc) is 2.70. The molecule has 2 aliphatic rings. The summed E-state index contributed by atoms with van der Waals surface area (Å²) in [5, 5.41) is 0. The maximum absolute atomic E-state index is 12.5. The van der Waals surface area contributed by atoms with Gasteiger partial charge in [-0.2, -0.15) is 0 Å². The van der Waals surface area contributed by atoms with Crippen LogP contribution >= 0.6 is 0 Å². The van der Waals surface area contributed by atoms with E-state index in [1.54, 1.807) is 16.7 Å². The van der Waals surface area contributed by atoms with Crippen LogP contribution in [0.3, 0.4) is 0 Å². The van der Waals surface area contributed by atoms with Gasteiger partial charge in [0.2, 0.25) is 11.8 Å². The lowest BCUT2D eigenvalue weighted by atomic mass is 9.84. The van der Waals surface area contributed by atoms with E-state index in [2.05, 4.69) is 0 Å². The van der Waals surface area contributed by atoms with Crippen LogP contribution in [0.2, 0.25) is 0 Å². The number of carbonyl (C=O) groups excluding carboxylic acids is 2. The number of ether oxygens (including phenoxy) is 1. The lowest BCUT2D eigenvalue weighted by Crippen LogP contribution is -2.57. The van der Waals surface area contributed by atoms with Crippen LogP contribution in [0.1, 0.15) is 13.8 Å². The van der Waals surface area contributed by atoms with E-state index >= 15 is 0 Å². The van der Waals surface area contributed by atoms with Crippen molar-refractivity contribution >= 4 is 11.8 Å². The molecule has 102 valence electrons. The molecule has 2 fully saturated rings. The van der Waals surface area contributed by atoms with Crippen LogP contribution in [-0.4, -0.2) is 67.0 Å². The van der Waals surface area contributed by atoms with E-state index in [0.717, 1.165) is 0 Å². The fourth-order valence-corrected chi connectivity index (χ4v) is 2.49. The van der Waals surface area contributed by atoms with Gasteiger partial charge in [-0.25, -0.2) is 0 Å². The summed E-state index contributed by atoms with van der Waals surface area (Å²) in [6, 6.07) is -0.240. The highest BCUT2D eigenvalue weighted by molar-refractivity contribution is 5.84. The summed E-state index contributed by atoms with van der Waals surface area (Å²) in [6.07, 6.45) is 0. The molecular weight excluding hydrogens is 234 g/mol. The molecule has 0 bridgehead atoms. The number of nitrogens with zero attached hydrogens (tertiary/aromatic N) is 2. The largest absolute Gasteiger partial charge is 0.379 e. The van der Waals surface area contributed by atoms with Crippen molar-refractivity contribution in [3.05, 3.63) is 0 Å². The molecule has 2 rings (SSSR count). The standard InChI is InChI=1S/C12H21N3O3/c1-9(16)14-3-5-15(6-4-14)11(17)12(2)8-18-7-10(12)13/h10H,3-8,13H2,1-2H3. The molecule has 0 aliphatic carbocycles. The summed E-state index contributed by atoms with van der Waals surface area (Å²) < 4.78 is 5.31. The predicted octanol–water partition coefficient (Wildman–Crippen LogP) is -0.959. The van der Waals surface area contributed by atoms with Crippen LogP contribution in [-0.2, 0) is 14.3 Å². The Morgan fingerprint density at radius 3 is 2.22 bits per heavy atom. The van der Waals surface area contributed by atoms with Crippen LogP contribution in [0.15, 0.2) is 0 Å². The fraction of sp³-hybridized carbons (Fsp3) is 0.833. The summed E-state index contributed by atoms with van der Waals surface area (Å²) in [4.78, 5) is 27.3. The number of hydrogen-bond donors (Lipinski definition) is 1. The van der Waals surface area contributed by atoms with Gasteiger partial charge in [-0.3, -0.25) is 9.59 Å². The van der Waals surface area contributed by atoms with Crippen molar-refractivity contribution < 1.29 is 14.3 Å². The zero-order valence-corrected chi connectivity index (χ0v) is 11.0. The monoisotopic (exact) mass is 255 g/mol. The molecule has 0 aromatic rings. The second-order valence-electron chi connectivity index (χ2n) is 5.34. The van der Waals surface area contributed by atoms with Gasteiger partial charge in [-0.1, -0.05) is 0 Å². The molecule has 2 unspecified atom stereocenters. The molecule has 6 nitrogen and oxygen atoms in total. The third-order valence-corrected chi connectivity index (χ3v) is 4.02. The highest BCUT2D eigenvalue weighted by Crippen LogP contribution is 2.29. The van der Waals surface area contributed by atoms with Gasteiger partial charge in [0.1, 0.15) is 0 Å². The molecule has 18 heavy (non-hydrogen) atoms. The summed E-state index contributed by atoms with van der Waals surface area (Å²) in [6.45, 7) is 6.63. The van der Waals surface area contributed by atoms with Crippen LogP contribution < -0.4 is 5.73 Å². The van der Waals surface area contributed by atoms with Crippen molar-refractivity contribution in [2.75, 3.05) is 39.4 Å². The number of hydrogen-bond acceptors (Lipinski definition) is 4. The van der Waals surface area contributed by atoms with Crippen molar-refractivity contribution in [2.45, 2.75) is 19.9 Å². The highest BCUT2D eigenvalue weighted by atomic mass is 16.5. The SMILES string of the molecule is CC(=O)N1CCN(C(=O)C2(C)COCC2N)CC1. The van der Waals surface area contributed by atoms with Crippen molar-refractivity contribution in [3.8, 4) is 0 Å². The fourth-order valence-electron chi connectivity index (χ4n) is 2.49. The lowest BCUT2D eigenvalue weighted by Gasteiger charge is -2.38. The van der Waals surface area contributed by atoms with E-state index in [1.807, 2.05) is 6.92 Å². The zero-order chi connectivity index (χ0) is 13.3. The molecule has 0 spiro atoms. The van der Waals surface area contributed by atoms with Crippen molar-refractivity contribution in [1.82, 2.24) is 9.80 Å². The minimum atomic E-state index is -0.613. The molecule has 2 heterocycles. The molecule has 0 saturated carbocycles. The van der Waals surface area contributed by atoms with E-state index in [0.29, 0.717) is 39.4 Å². The van der Waals surface area contributed by atoms with E-state index in [9.17, 15) is 9.59 Å². The van der Waals surface area contributed by atoms with Gasteiger partial charge in [0, 0.05) is 39.1 Å². The van der Waals surface area contributed by atoms with E-state index in [1.165, 1.54) is 0 Å². The van der Waals surface area contributed by atoms with Crippen LogP contribution in [0.25, 0.3) is 0 Å². The Labute approximate surface area is 107 Å². The molecule has 2 N–H and O–H groups in total. The summed E-state index contributed by atoms with van der Waals surface area (Å²) in [5.41, 5.74) is 5.35. The lowest BCUT2D eigenvalue weighted by molar-refractivity contribution is -0.146. The summed E-state index contributed by atoms with van der Waals surface area (Å²) in [7, 11) is 0. The van der Waals surface area contributed by atoms with Gasteiger partial charge in [-0.05, 0) is 6.92 Å².